The standard InChI is InChI=1S/C22H42O2/c1-16(2)20-10-14-22(15-11-20)24-18(5)6-7-19-8-12-21(13-9-19)23-17(3)4/h16-22H,6-15H2,1-5H3. The lowest BCUT2D eigenvalue weighted by molar-refractivity contribution is -0.0406. The molecule has 2 aliphatic rings. The summed E-state index contributed by atoms with van der Waals surface area (Å²) in [6.45, 7) is 11.3. The van der Waals surface area contributed by atoms with E-state index in [4.69, 9.17) is 9.47 Å². The Morgan fingerprint density at radius 1 is 0.708 bits per heavy atom. The third-order valence-corrected chi connectivity index (χ3v) is 6.33. The molecule has 0 spiro atoms. The molecule has 2 nitrogen and oxygen atoms in total. The van der Waals surface area contributed by atoms with E-state index in [-0.39, 0.29) is 0 Å². The molecule has 2 heteroatoms. The van der Waals surface area contributed by atoms with Crippen LogP contribution in [0.3, 0.4) is 0 Å². The van der Waals surface area contributed by atoms with Gasteiger partial charge in [-0.15, -0.1) is 0 Å². The maximum atomic E-state index is 6.36. The topological polar surface area (TPSA) is 18.5 Å². The smallest absolute Gasteiger partial charge is 0.0579 e. The number of hydrogen-bond donors (Lipinski definition) is 0. The number of hydrogen-bond acceptors (Lipinski definition) is 2. The highest BCUT2D eigenvalue weighted by molar-refractivity contribution is 4.77. The Bertz CT molecular complexity index is 323. The van der Waals surface area contributed by atoms with Crippen LogP contribution in [0.15, 0.2) is 0 Å². The first-order valence-electron chi connectivity index (χ1n) is 10.7. The molecule has 24 heavy (non-hydrogen) atoms. The van der Waals surface area contributed by atoms with E-state index in [0.29, 0.717) is 24.4 Å². The molecule has 0 amide bonds. The van der Waals surface area contributed by atoms with Gasteiger partial charge < -0.3 is 9.47 Å². The third-order valence-electron chi connectivity index (χ3n) is 6.33. The van der Waals surface area contributed by atoms with Crippen molar-refractivity contribution in [2.75, 3.05) is 0 Å². The van der Waals surface area contributed by atoms with Crippen LogP contribution < -0.4 is 0 Å². The van der Waals surface area contributed by atoms with E-state index in [1.807, 2.05) is 0 Å². The molecule has 2 saturated carbocycles. The highest BCUT2D eigenvalue weighted by Gasteiger charge is 2.26. The average Bonchev–Trinajstić information content (AvgIpc) is 2.54. The molecule has 0 aromatic rings. The van der Waals surface area contributed by atoms with E-state index >= 15 is 0 Å². The minimum absolute atomic E-state index is 0.380. The summed E-state index contributed by atoms with van der Waals surface area (Å²) < 4.78 is 12.3. The zero-order valence-corrected chi connectivity index (χ0v) is 16.9. The Hall–Kier alpha value is -0.0800. The van der Waals surface area contributed by atoms with Crippen molar-refractivity contribution < 1.29 is 9.47 Å². The van der Waals surface area contributed by atoms with Gasteiger partial charge in [0.2, 0.25) is 0 Å². The van der Waals surface area contributed by atoms with Crippen LogP contribution in [0.5, 0.6) is 0 Å². The van der Waals surface area contributed by atoms with Gasteiger partial charge in [0.05, 0.1) is 24.4 Å². The average molecular weight is 339 g/mol. The molecule has 0 saturated heterocycles. The maximum absolute atomic E-state index is 6.36. The first-order chi connectivity index (χ1) is 11.4. The van der Waals surface area contributed by atoms with E-state index in [1.165, 1.54) is 64.2 Å². The zero-order valence-electron chi connectivity index (χ0n) is 16.9. The molecular formula is C22H42O2. The van der Waals surface area contributed by atoms with Gasteiger partial charge in [-0.3, -0.25) is 0 Å². The van der Waals surface area contributed by atoms with Gasteiger partial charge in [0.15, 0.2) is 0 Å². The van der Waals surface area contributed by atoms with Crippen LogP contribution in [0.4, 0.5) is 0 Å². The van der Waals surface area contributed by atoms with Gasteiger partial charge in [-0.2, -0.15) is 0 Å². The molecule has 2 fully saturated rings. The van der Waals surface area contributed by atoms with Crippen LogP contribution >= 0.6 is 0 Å². The van der Waals surface area contributed by atoms with Gasteiger partial charge in [0, 0.05) is 0 Å². The summed E-state index contributed by atoms with van der Waals surface area (Å²) in [7, 11) is 0. The van der Waals surface area contributed by atoms with Crippen molar-refractivity contribution in [3.8, 4) is 0 Å². The minimum Gasteiger partial charge on any atom is -0.376 e. The summed E-state index contributed by atoms with van der Waals surface area (Å²) in [6.07, 6.45) is 15.0. The van der Waals surface area contributed by atoms with E-state index in [0.717, 1.165) is 17.8 Å². The summed E-state index contributed by atoms with van der Waals surface area (Å²) >= 11 is 0. The van der Waals surface area contributed by atoms with Crippen LogP contribution in [0.2, 0.25) is 0 Å². The summed E-state index contributed by atoms with van der Waals surface area (Å²) in [5.41, 5.74) is 0. The highest BCUT2D eigenvalue weighted by Crippen LogP contribution is 2.33. The lowest BCUT2D eigenvalue weighted by atomic mass is 9.80. The van der Waals surface area contributed by atoms with Crippen LogP contribution in [0.1, 0.15) is 98.8 Å². The van der Waals surface area contributed by atoms with Crippen LogP contribution in [-0.4, -0.2) is 24.4 Å². The highest BCUT2D eigenvalue weighted by atomic mass is 16.5. The largest absolute Gasteiger partial charge is 0.376 e. The van der Waals surface area contributed by atoms with E-state index in [1.54, 1.807) is 0 Å². The predicted molar refractivity (Wildman–Crippen MR) is 102 cm³/mol. The molecule has 0 aromatic carbocycles. The monoisotopic (exact) mass is 338 g/mol. The Balaban J connectivity index is 1.56. The Morgan fingerprint density at radius 3 is 1.79 bits per heavy atom. The Labute approximate surface area is 151 Å². The van der Waals surface area contributed by atoms with Gasteiger partial charge in [0.1, 0.15) is 0 Å². The fraction of sp³-hybridized carbons (Fsp3) is 1.00. The van der Waals surface area contributed by atoms with E-state index < -0.39 is 0 Å². The van der Waals surface area contributed by atoms with Gasteiger partial charge in [-0.1, -0.05) is 13.8 Å². The number of rotatable bonds is 8. The molecule has 1 unspecified atom stereocenters. The van der Waals surface area contributed by atoms with Crippen molar-refractivity contribution in [1.82, 2.24) is 0 Å². The lowest BCUT2D eigenvalue weighted by Gasteiger charge is -2.33. The Morgan fingerprint density at radius 2 is 1.25 bits per heavy atom. The van der Waals surface area contributed by atoms with Gasteiger partial charge in [-0.25, -0.2) is 0 Å². The van der Waals surface area contributed by atoms with Crippen molar-refractivity contribution in [2.45, 2.75) is 123 Å². The summed E-state index contributed by atoms with van der Waals surface area (Å²) in [6, 6.07) is 0. The molecule has 0 radical (unpaired) electrons. The molecule has 0 heterocycles. The zero-order chi connectivity index (χ0) is 17.5. The normalized spacial score (nSPS) is 33.1. The lowest BCUT2D eigenvalue weighted by Crippen LogP contribution is -2.28. The third kappa shape index (κ3) is 7.04. The van der Waals surface area contributed by atoms with E-state index in [2.05, 4.69) is 34.6 Å². The Kier molecular flexibility index (Phi) is 8.57. The van der Waals surface area contributed by atoms with Crippen LogP contribution in [-0.2, 0) is 9.47 Å². The summed E-state index contributed by atoms with van der Waals surface area (Å²) in [5, 5.41) is 0. The SMILES string of the molecule is CC(C)OC1CCC(CCC(C)OC2CCC(C(C)C)CC2)CC1. The second kappa shape index (κ2) is 10.2. The summed E-state index contributed by atoms with van der Waals surface area (Å²) in [5.74, 6) is 2.68. The molecule has 0 bridgehead atoms. The van der Waals surface area contributed by atoms with Gasteiger partial charge in [0.25, 0.3) is 0 Å². The van der Waals surface area contributed by atoms with Crippen LogP contribution in [0, 0.1) is 17.8 Å². The molecular weight excluding hydrogens is 296 g/mol. The molecule has 0 N–H and O–H groups in total. The summed E-state index contributed by atoms with van der Waals surface area (Å²) in [4.78, 5) is 0. The molecule has 142 valence electrons. The quantitative estimate of drug-likeness (QED) is 0.512. The molecule has 1 atom stereocenters. The van der Waals surface area contributed by atoms with Gasteiger partial charge in [-0.05, 0) is 103 Å². The first-order valence-corrected chi connectivity index (χ1v) is 10.7. The number of ether oxygens (including phenoxy) is 2. The van der Waals surface area contributed by atoms with Crippen molar-refractivity contribution in [2.24, 2.45) is 17.8 Å². The first kappa shape index (κ1) is 20.2. The van der Waals surface area contributed by atoms with Crippen LogP contribution in [0.25, 0.3) is 0 Å². The minimum atomic E-state index is 0.380. The van der Waals surface area contributed by atoms with Crippen molar-refractivity contribution >= 4 is 0 Å². The fourth-order valence-corrected chi connectivity index (χ4v) is 4.70. The predicted octanol–water partition coefficient (Wildman–Crippen LogP) is 6.37. The van der Waals surface area contributed by atoms with Crippen molar-refractivity contribution in [3.05, 3.63) is 0 Å². The second-order valence-corrected chi connectivity index (χ2v) is 9.13. The maximum Gasteiger partial charge on any atom is 0.0579 e. The fourth-order valence-electron chi connectivity index (χ4n) is 4.70. The van der Waals surface area contributed by atoms with Crippen molar-refractivity contribution in [3.63, 3.8) is 0 Å². The van der Waals surface area contributed by atoms with Crippen molar-refractivity contribution in [1.29, 1.82) is 0 Å². The van der Waals surface area contributed by atoms with E-state index in [9.17, 15) is 0 Å². The van der Waals surface area contributed by atoms with Gasteiger partial charge >= 0.3 is 0 Å². The molecule has 0 aromatic heterocycles. The second-order valence-electron chi connectivity index (χ2n) is 9.13. The molecule has 2 aliphatic carbocycles. The molecule has 2 rings (SSSR count). The molecule has 0 aliphatic heterocycles.